The third-order valence-corrected chi connectivity index (χ3v) is 13.2. The van der Waals surface area contributed by atoms with Gasteiger partial charge in [-0.05, 0) is 108 Å². The minimum absolute atomic E-state index is 0.841. The molecule has 0 unspecified atom stereocenters. The van der Waals surface area contributed by atoms with Crippen LogP contribution < -0.4 is 0 Å². The van der Waals surface area contributed by atoms with Crippen molar-refractivity contribution < 1.29 is 8.83 Å². The van der Waals surface area contributed by atoms with Gasteiger partial charge < -0.3 is 8.83 Å². The summed E-state index contributed by atoms with van der Waals surface area (Å²) in [5, 5.41) is 14.5. The van der Waals surface area contributed by atoms with Gasteiger partial charge in [-0.1, -0.05) is 133 Å². The maximum absolute atomic E-state index is 6.46. The van der Waals surface area contributed by atoms with Crippen LogP contribution in [-0.2, 0) is 0 Å². The van der Waals surface area contributed by atoms with Crippen LogP contribution in [0.4, 0.5) is 0 Å². The van der Waals surface area contributed by atoms with Crippen LogP contribution in [0, 0.1) is 0 Å². The molecule has 0 aliphatic carbocycles. The Labute approximate surface area is 330 Å². The highest BCUT2D eigenvalue weighted by Gasteiger charge is 2.20. The molecule has 0 fully saturated rings. The van der Waals surface area contributed by atoms with Gasteiger partial charge in [0.15, 0.2) is 0 Å². The summed E-state index contributed by atoms with van der Waals surface area (Å²) in [6.07, 6.45) is 0. The Balaban J connectivity index is 0.934. The van der Waals surface area contributed by atoms with Gasteiger partial charge in [-0.15, -0.1) is 11.3 Å². The minimum atomic E-state index is 0.841. The topological polar surface area (TPSA) is 26.3 Å². The summed E-state index contributed by atoms with van der Waals surface area (Å²) in [6, 6.07) is 66.3. The summed E-state index contributed by atoms with van der Waals surface area (Å²) in [5.41, 5.74) is 10.9. The third kappa shape index (κ3) is 4.52. The van der Waals surface area contributed by atoms with Crippen LogP contribution in [0.2, 0.25) is 0 Å². The number of hydrogen-bond donors (Lipinski definition) is 0. The van der Waals surface area contributed by atoms with Gasteiger partial charge in [0.25, 0.3) is 0 Å². The molecule has 10 aromatic carbocycles. The maximum Gasteiger partial charge on any atom is 0.139 e. The van der Waals surface area contributed by atoms with Crippen molar-refractivity contribution in [3.8, 4) is 33.4 Å². The van der Waals surface area contributed by atoms with Crippen LogP contribution >= 0.6 is 11.3 Å². The Morgan fingerprint density at radius 3 is 1.63 bits per heavy atom. The molecule has 0 spiro atoms. The van der Waals surface area contributed by atoms with E-state index in [0.29, 0.717) is 0 Å². The van der Waals surface area contributed by atoms with Crippen LogP contribution in [-0.4, -0.2) is 0 Å². The van der Waals surface area contributed by atoms with E-state index in [4.69, 9.17) is 8.83 Å². The molecule has 13 rings (SSSR count). The maximum atomic E-state index is 6.46. The summed E-state index contributed by atoms with van der Waals surface area (Å²) < 4.78 is 15.3. The number of furan rings is 2. The summed E-state index contributed by atoms with van der Waals surface area (Å²) in [6.45, 7) is 0. The molecule has 0 amide bonds. The van der Waals surface area contributed by atoms with E-state index in [1.54, 1.807) is 0 Å². The van der Waals surface area contributed by atoms with Gasteiger partial charge in [-0.25, -0.2) is 0 Å². The molecule has 0 bridgehead atoms. The fourth-order valence-corrected chi connectivity index (χ4v) is 10.6. The van der Waals surface area contributed by atoms with Crippen molar-refractivity contribution in [1.29, 1.82) is 0 Å². The first kappa shape index (κ1) is 31.1. The molecular weight excluding hydrogens is 713 g/mol. The highest BCUT2D eigenvalue weighted by atomic mass is 32.1. The largest absolute Gasteiger partial charge is 0.456 e. The lowest BCUT2D eigenvalue weighted by molar-refractivity contribution is 0.656. The van der Waals surface area contributed by atoms with Gasteiger partial charge >= 0.3 is 0 Å². The van der Waals surface area contributed by atoms with Crippen molar-refractivity contribution in [3.05, 3.63) is 182 Å². The molecule has 13 aromatic rings. The van der Waals surface area contributed by atoms with E-state index in [1.807, 2.05) is 29.5 Å². The van der Waals surface area contributed by atoms with E-state index in [1.165, 1.54) is 80.5 Å². The number of fused-ring (bicyclic) bond motifs is 12. The number of hydrogen-bond acceptors (Lipinski definition) is 3. The van der Waals surface area contributed by atoms with Gasteiger partial charge in [0.05, 0.1) is 0 Å². The molecule has 3 aromatic heterocycles. The zero-order valence-electron chi connectivity index (χ0n) is 30.5. The number of para-hydroxylation sites is 1. The predicted molar refractivity (Wildman–Crippen MR) is 243 cm³/mol. The standard InChI is InChI=1S/C54H30O2S/c1-3-13-39-37(11-1)52(38-12-2-4-14-40(38)53(39)42-16-9-19-51-54(42)41-15-6-8-18-50(41)57-51)32-22-20-31(21-23-32)33-24-25-34-27-43-45-29-44-36-10-5-7-17-46(36)55-48(44)30-49(45)56-47(43)28-35(34)26-33/h1-30H. The number of rotatable bonds is 3. The normalized spacial score (nSPS) is 12.2. The highest BCUT2D eigenvalue weighted by Crippen LogP contribution is 2.48. The molecule has 0 saturated carbocycles. The van der Waals surface area contributed by atoms with Crippen molar-refractivity contribution in [3.63, 3.8) is 0 Å². The highest BCUT2D eigenvalue weighted by molar-refractivity contribution is 7.26. The Kier molecular flexibility index (Phi) is 6.35. The van der Waals surface area contributed by atoms with E-state index < -0.39 is 0 Å². The second kappa shape index (κ2) is 11.7. The average molecular weight is 743 g/mol. The van der Waals surface area contributed by atoms with Crippen molar-refractivity contribution in [2.75, 3.05) is 0 Å². The third-order valence-electron chi connectivity index (χ3n) is 12.0. The summed E-state index contributed by atoms with van der Waals surface area (Å²) >= 11 is 1.88. The first-order chi connectivity index (χ1) is 28.2. The Bertz CT molecular complexity index is 3750. The Morgan fingerprint density at radius 1 is 0.298 bits per heavy atom. The second-order valence-corrected chi connectivity index (χ2v) is 16.2. The van der Waals surface area contributed by atoms with E-state index in [-0.39, 0.29) is 0 Å². The van der Waals surface area contributed by atoms with Gasteiger partial charge in [0.2, 0.25) is 0 Å². The van der Waals surface area contributed by atoms with Crippen LogP contribution in [0.15, 0.2) is 191 Å². The summed E-state index contributed by atoms with van der Waals surface area (Å²) in [4.78, 5) is 0. The van der Waals surface area contributed by atoms with Crippen molar-refractivity contribution >= 4 is 108 Å². The number of benzene rings is 10. The Morgan fingerprint density at radius 2 is 0.860 bits per heavy atom. The molecule has 0 saturated heterocycles. The average Bonchev–Trinajstić information content (AvgIpc) is 3.94. The molecular formula is C54H30O2S. The lowest BCUT2D eigenvalue weighted by Gasteiger charge is -2.18. The van der Waals surface area contributed by atoms with Gasteiger partial charge in [0.1, 0.15) is 22.3 Å². The van der Waals surface area contributed by atoms with Gasteiger partial charge in [-0.3, -0.25) is 0 Å². The Hall–Kier alpha value is -7.20. The van der Waals surface area contributed by atoms with Crippen LogP contribution in [0.25, 0.3) is 130 Å². The molecule has 0 N–H and O–H groups in total. The molecule has 3 heteroatoms. The SMILES string of the molecule is c1ccc2c(c1)oc1cc3oc4cc5cc(-c6ccc(-c7c8ccccc8c(-c8cccc9sc%10ccccc%10c89)c8ccccc78)cc6)ccc5cc4c3cc12. The molecule has 264 valence electrons. The molecule has 0 atom stereocenters. The predicted octanol–water partition coefficient (Wildman–Crippen LogP) is 16.3. The van der Waals surface area contributed by atoms with E-state index >= 15 is 0 Å². The zero-order chi connectivity index (χ0) is 37.2. The summed E-state index contributed by atoms with van der Waals surface area (Å²) in [7, 11) is 0. The lowest BCUT2D eigenvalue weighted by atomic mass is 9.84. The molecule has 2 nitrogen and oxygen atoms in total. The van der Waals surface area contributed by atoms with Crippen molar-refractivity contribution in [2.24, 2.45) is 0 Å². The van der Waals surface area contributed by atoms with Gasteiger partial charge in [0, 0.05) is 47.8 Å². The smallest absolute Gasteiger partial charge is 0.139 e. The molecule has 0 aliphatic heterocycles. The summed E-state index contributed by atoms with van der Waals surface area (Å²) in [5.74, 6) is 0. The van der Waals surface area contributed by atoms with E-state index in [9.17, 15) is 0 Å². The van der Waals surface area contributed by atoms with Crippen molar-refractivity contribution in [1.82, 2.24) is 0 Å². The van der Waals surface area contributed by atoms with Crippen LogP contribution in [0.5, 0.6) is 0 Å². The first-order valence-corrected chi connectivity index (χ1v) is 20.2. The monoisotopic (exact) mass is 742 g/mol. The second-order valence-electron chi connectivity index (χ2n) is 15.2. The lowest BCUT2D eigenvalue weighted by Crippen LogP contribution is -1.91. The fourth-order valence-electron chi connectivity index (χ4n) is 9.46. The quantitative estimate of drug-likeness (QED) is 0.169. The molecule has 0 radical (unpaired) electrons. The van der Waals surface area contributed by atoms with E-state index in [2.05, 4.69) is 164 Å². The van der Waals surface area contributed by atoms with Crippen LogP contribution in [0.1, 0.15) is 0 Å². The fraction of sp³-hybridized carbons (Fsp3) is 0. The molecule has 57 heavy (non-hydrogen) atoms. The minimum Gasteiger partial charge on any atom is -0.456 e. The van der Waals surface area contributed by atoms with Crippen LogP contribution in [0.3, 0.4) is 0 Å². The van der Waals surface area contributed by atoms with E-state index in [0.717, 1.165) is 49.3 Å². The number of thiophene rings is 1. The first-order valence-electron chi connectivity index (χ1n) is 19.4. The zero-order valence-corrected chi connectivity index (χ0v) is 31.4. The van der Waals surface area contributed by atoms with Crippen molar-refractivity contribution in [2.45, 2.75) is 0 Å². The molecule has 0 aliphatic rings. The molecule has 3 heterocycles. The van der Waals surface area contributed by atoms with Gasteiger partial charge in [-0.2, -0.15) is 0 Å².